The van der Waals surface area contributed by atoms with E-state index in [1.165, 1.54) is 16.6 Å². The van der Waals surface area contributed by atoms with Gasteiger partial charge in [-0.2, -0.15) is 0 Å². The summed E-state index contributed by atoms with van der Waals surface area (Å²) in [5, 5.41) is 1.22. The van der Waals surface area contributed by atoms with Crippen LogP contribution in [0.4, 0.5) is 0 Å². The summed E-state index contributed by atoms with van der Waals surface area (Å²) in [5.41, 5.74) is 9.51. The lowest BCUT2D eigenvalue weighted by molar-refractivity contribution is 0.415. The molecule has 0 radical (unpaired) electrons. The van der Waals surface area contributed by atoms with E-state index >= 15 is 0 Å². The van der Waals surface area contributed by atoms with Crippen molar-refractivity contribution >= 4 is 10.9 Å². The monoisotopic (exact) mass is 218 g/mol. The van der Waals surface area contributed by atoms with E-state index in [0.717, 1.165) is 17.7 Å². The van der Waals surface area contributed by atoms with E-state index in [2.05, 4.69) is 18.0 Å². The SMILES string of the molecule is COc1ccc2[nH]c(C)c(CC(C)N)c2c1. The van der Waals surface area contributed by atoms with Crippen molar-refractivity contribution in [1.82, 2.24) is 4.98 Å². The van der Waals surface area contributed by atoms with Gasteiger partial charge in [-0.15, -0.1) is 0 Å². The fourth-order valence-electron chi connectivity index (χ4n) is 2.07. The first kappa shape index (κ1) is 11.0. The first-order valence-corrected chi connectivity index (χ1v) is 5.52. The number of methoxy groups -OCH3 is 1. The van der Waals surface area contributed by atoms with Crippen LogP contribution in [-0.2, 0) is 6.42 Å². The maximum atomic E-state index is 5.87. The van der Waals surface area contributed by atoms with Gasteiger partial charge in [-0.25, -0.2) is 0 Å². The molecule has 0 aliphatic carbocycles. The zero-order chi connectivity index (χ0) is 11.7. The molecule has 0 bridgehead atoms. The highest BCUT2D eigenvalue weighted by atomic mass is 16.5. The summed E-state index contributed by atoms with van der Waals surface area (Å²) in [6.45, 7) is 4.11. The number of ether oxygens (including phenoxy) is 1. The zero-order valence-electron chi connectivity index (χ0n) is 10.0. The van der Waals surface area contributed by atoms with Crippen LogP contribution in [0.2, 0.25) is 0 Å². The molecule has 1 heterocycles. The summed E-state index contributed by atoms with van der Waals surface area (Å²) in [6.07, 6.45) is 0.888. The van der Waals surface area contributed by atoms with Gasteiger partial charge in [0.2, 0.25) is 0 Å². The Labute approximate surface area is 95.6 Å². The van der Waals surface area contributed by atoms with Gasteiger partial charge in [-0.1, -0.05) is 0 Å². The van der Waals surface area contributed by atoms with Gasteiger partial charge < -0.3 is 15.5 Å². The average molecular weight is 218 g/mol. The van der Waals surface area contributed by atoms with Crippen LogP contribution in [-0.4, -0.2) is 18.1 Å². The average Bonchev–Trinajstić information content (AvgIpc) is 2.54. The Morgan fingerprint density at radius 1 is 1.44 bits per heavy atom. The smallest absolute Gasteiger partial charge is 0.119 e. The van der Waals surface area contributed by atoms with Crippen molar-refractivity contribution < 1.29 is 4.74 Å². The number of H-pyrrole nitrogens is 1. The summed E-state index contributed by atoms with van der Waals surface area (Å²) in [7, 11) is 1.69. The lowest BCUT2D eigenvalue weighted by Gasteiger charge is -2.06. The fourth-order valence-corrected chi connectivity index (χ4v) is 2.07. The van der Waals surface area contributed by atoms with Crippen molar-refractivity contribution in [2.24, 2.45) is 5.73 Å². The van der Waals surface area contributed by atoms with Crippen LogP contribution in [0.1, 0.15) is 18.2 Å². The van der Waals surface area contributed by atoms with Gasteiger partial charge in [-0.3, -0.25) is 0 Å². The molecule has 0 spiro atoms. The molecule has 3 N–H and O–H groups in total. The van der Waals surface area contributed by atoms with E-state index in [1.54, 1.807) is 7.11 Å². The molecule has 16 heavy (non-hydrogen) atoms. The summed E-state index contributed by atoms with van der Waals surface area (Å²) < 4.78 is 5.25. The first-order chi connectivity index (χ1) is 7.61. The highest BCUT2D eigenvalue weighted by molar-refractivity contribution is 5.86. The van der Waals surface area contributed by atoms with Crippen molar-refractivity contribution in [1.29, 1.82) is 0 Å². The molecule has 86 valence electrons. The lowest BCUT2D eigenvalue weighted by atomic mass is 10.0. The Hall–Kier alpha value is -1.48. The fraction of sp³-hybridized carbons (Fsp3) is 0.385. The van der Waals surface area contributed by atoms with Gasteiger partial charge in [-0.05, 0) is 44.0 Å². The van der Waals surface area contributed by atoms with E-state index in [4.69, 9.17) is 10.5 Å². The lowest BCUT2D eigenvalue weighted by Crippen LogP contribution is -2.18. The van der Waals surface area contributed by atoms with E-state index in [1.807, 2.05) is 19.1 Å². The molecule has 1 aromatic heterocycles. The van der Waals surface area contributed by atoms with Crippen molar-refractivity contribution in [2.45, 2.75) is 26.3 Å². The number of benzene rings is 1. The van der Waals surface area contributed by atoms with Gasteiger partial charge in [0.1, 0.15) is 5.75 Å². The third-order valence-electron chi connectivity index (χ3n) is 2.85. The summed E-state index contributed by atoms with van der Waals surface area (Å²) in [6, 6.07) is 6.25. The molecule has 2 aromatic rings. The molecule has 0 aliphatic heterocycles. The van der Waals surface area contributed by atoms with Gasteiger partial charge in [0, 0.05) is 22.6 Å². The highest BCUT2D eigenvalue weighted by Gasteiger charge is 2.10. The van der Waals surface area contributed by atoms with Gasteiger partial charge in [0.25, 0.3) is 0 Å². The number of aromatic amines is 1. The molecule has 3 heteroatoms. The third kappa shape index (κ3) is 1.91. The number of aromatic nitrogens is 1. The number of aryl methyl sites for hydroxylation is 1. The quantitative estimate of drug-likeness (QED) is 0.831. The van der Waals surface area contributed by atoms with Crippen LogP contribution < -0.4 is 10.5 Å². The largest absolute Gasteiger partial charge is 0.497 e. The Kier molecular flexibility index (Phi) is 2.88. The third-order valence-corrected chi connectivity index (χ3v) is 2.85. The molecular weight excluding hydrogens is 200 g/mol. The molecule has 0 amide bonds. The number of rotatable bonds is 3. The second-order valence-corrected chi connectivity index (χ2v) is 4.32. The number of fused-ring (bicyclic) bond motifs is 1. The maximum absolute atomic E-state index is 5.87. The van der Waals surface area contributed by atoms with Crippen LogP contribution in [0.15, 0.2) is 18.2 Å². The van der Waals surface area contributed by atoms with Crippen LogP contribution in [0.25, 0.3) is 10.9 Å². The van der Waals surface area contributed by atoms with Gasteiger partial charge in [0.15, 0.2) is 0 Å². The van der Waals surface area contributed by atoms with Crippen molar-refractivity contribution in [3.8, 4) is 5.75 Å². The predicted molar refractivity (Wildman–Crippen MR) is 66.9 cm³/mol. The van der Waals surface area contributed by atoms with Crippen LogP contribution >= 0.6 is 0 Å². The molecule has 0 saturated carbocycles. The van der Waals surface area contributed by atoms with Gasteiger partial charge in [0.05, 0.1) is 7.11 Å². The Morgan fingerprint density at radius 3 is 2.81 bits per heavy atom. The second-order valence-electron chi connectivity index (χ2n) is 4.32. The minimum absolute atomic E-state index is 0.170. The number of nitrogens with two attached hydrogens (primary N) is 1. The van der Waals surface area contributed by atoms with Crippen LogP contribution in [0.5, 0.6) is 5.75 Å². The minimum Gasteiger partial charge on any atom is -0.497 e. The molecule has 0 saturated heterocycles. The number of hydrogen-bond acceptors (Lipinski definition) is 2. The second kappa shape index (κ2) is 4.18. The molecular formula is C13H18N2O. The molecule has 0 fully saturated rings. The topological polar surface area (TPSA) is 51.0 Å². The minimum atomic E-state index is 0.170. The number of nitrogens with one attached hydrogen (secondary N) is 1. The maximum Gasteiger partial charge on any atom is 0.119 e. The molecule has 1 unspecified atom stereocenters. The molecule has 3 nitrogen and oxygen atoms in total. The van der Waals surface area contributed by atoms with Crippen LogP contribution in [0.3, 0.4) is 0 Å². The van der Waals surface area contributed by atoms with E-state index in [9.17, 15) is 0 Å². The molecule has 1 atom stereocenters. The van der Waals surface area contributed by atoms with Crippen LogP contribution in [0, 0.1) is 6.92 Å². The zero-order valence-corrected chi connectivity index (χ0v) is 10.0. The van der Waals surface area contributed by atoms with Crippen molar-refractivity contribution in [2.75, 3.05) is 7.11 Å². The summed E-state index contributed by atoms with van der Waals surface area (Å²) in [4.78, 5) is 3.37. The van der Waals surface area contributed by atoms with Crippen molar-refractivity contribution in [3.05, 3.63) is 29.5 Å². The summed E-state index contributed by atoms with van der Waals surface area (Å²) >= 11 is 0. The Bertz CT molecular complexity index is 500. The molecule has 2 rings (SSSR count). The molecule has 1 aromatic carbocycles. The molecule has 0 aliphatic rings. The Balaban J connectivity index is 2.56. The van der Waals surface area contributed by atoms with Gasteiger partial charge >= 0.3 is 0 Å². The summed E-state index contributed by atoms with van der Waals surface area (Å²) in [5.74, 6) is 0.887. The normalized spacial score (nSPS) is 13.0. The Morgan fingerprint density at radius 2 is 2.19 bits per heavy atom. The highest BCUT2D eigenvalue weighted by Crippen LogP contribution is 2.26. The van der Waals surface area contributed by atoms with E-state index < -0.39 is 0 Å². The van der Waals surface area contributed by atoms with Crippen molar-refractivity contribution in [3.63, 3.8) is 0 Å². The standard InChI is InChI=1S/C13H18N2O/c1-8(14)6-11-9(2)15-13-5-4-10(16-3)7-12(11)13/h4-5,7-8,15H,6,14H2,1-3H3. The first-order valence-electron chi connectivity index (χ1n) is 5.52. The van der Waals surface area contributed by atoms with E-state index in [-0.39, 0.29) is 6.04 Å². The van der Waals surface area contributed by atoms with E-state index in [0.29, 0.717) is 0 Å². The number of hydrogen-bond donors (Lipinski definition) is 2. The predicted octanol–water partition coefficient (Wildman–Crippen LogP) is 2.37.